The Morgan fingerprint density at radius 2 is 2.25 bits per heavy atom. The zero-order valence-electron chi connectivity index (χ0n) is 11.9. The van der Waals surface area contributed by atoms with Gasteiger partial charge in [0, 0.05) is 10.9 Å². The summed E-state index contributed by atoms with van der Waals surface area (Å²) >= 11 is 3.30. The van der Waals surface area contributed by atoms with Crippen LogP contribution in [-0.2, 0) is 13.0 Å². The van der Waals surface area contributed by atoms with Crippen molar-refractivity contribution in [1.29, 1.82) is 0 Å². The maximum Gasteiger partial charge on any atom is 0.315 e. The maximum atomic E-state index is 11.8. The van der Waals surface area contributed by atoms with Gasteiger partial charge in [0.05, 0.1) is 17.2 Å². The number of aromatic nitrogens is 1. The number of hydrogen-bond donors (Lipinski definition) is 2. The van der Waals surface area contributed by atoms with Crippen LogP contribution >= 0.6 is 22.7 Å². The lowest BCUT2D eigenvalue weighted by Crippen LogP contribution is -2.41. The molecule has 1 atom stereocenters. The van der Waals surface area contributed by atoms with Gasteiger partial charge in [-0.25, -0.2) is 9.78 Å². The van der Waals surface area contributed by atoms with Crippen LogP contribution in [-0.4, -0.2) is 17.1 Å². The molecule has 0 bridgehead atoms. The van der Waals surface area contributed by atoms with Gasteiger partial charge in [-0.1, -0.05) is 0 Å². The van der Waals surface area contributed by atoms with E-state index in [2.05, 4.69) is 32.4 Å². The molecule has 2 heterocycles. The highest BCUT2D eigenvalue weighted by Crippen LogP contribution is 2.16. The van der Waals surface area contributed by atoms with E-state index >= 15 is 0 Å². The van der Waals surface area contributed by atoms with E-state index in [0.717, 1.165) is 22.0 Å². The molecule has 0 aromatic carbocycles. The molecule has 6 heteroatoms. The van der Waals surface area contributed by atoms with Crippen molar-refractivity contribution in [3.8, 4) is 0 Å². The average Bonchev–Trinajstić information content (AvgIpc) is 2.96. The second-order valence-corrected chi connectivity index (χ2v) is 6.87. The Hall–Kier alpha value is -1.40. The summed E-state index contributed by atoms with van der Waals surface area (Å²) in [7, 11) is 0. The molecule has 2 aromatic heterocycles. The highest BCUT2D eigenvalue weighted by atomic mass is 32.1. The molecule has 0 radical (unpaired) electrons. The Bertz CT molecular complexity index is 563. The topological polar surface area (TPSA) is 54.0 Å². The molecule has 0 fully saturated rings. The van der Waals surface area contributed by atoms with E-state index in [1.54, 1.807) is 22.7 Å². The standard InChI is InChI=1S/C14H19N3OS2/c1-9(6-12-4-5-19-8-12)16-14(18)15-7-13-10(2)17-11(3)20-13/h4-5,8-9H,6-7H2,1-3H3,(H2,15,16,18). The molecule has 0 saturated heterocycles. The summed E-state index contributed by atoms with van der Waals surface area (Å²) in [5, 5.41) is 11.0. The van der Waals surface area contributed by atoms with Gasteiger partial charge in [0.25, 0.3) is 0 Å². The summed E-state index contributed by atoms with van der Waals surface area (Å²) < 4.78 is 0. The van der Waals surface area contributed by atoms with Crippen molar-refractivity contribution >= 4 is 28.7 Å². The van der Waals surface area contributed by atoms with Crippen LogP contribution < -0.4 is 10.6 Å². The fourth-order valence-electron chi connectivity index (χ4n) is 1.99. The predicted molar refractivity (Wildman–Crippen MR) is 84.4 cm³/mol. The van der Waals surface area contributed by atoms with Crippen molar-refractivity contribution < 1.29 is 4.79 Å². The molecule has 0 aliphatic rings. The van der Waals surface area contributed by atoms with E-state index in [4.69, 9.17) is 0 Å². The lowest BCUT2D eigenvalue weighted by molar-refractivity contribution is 0.237. The highest BCUT2D eigenvalue weighted by molar-refractivity contribution is 7.11. The van der Waals surface area contributed by atoms with Gasteiger partial charge in [-0.3, -0.25) is 0 Å². The number of nitrogens with one attached hydrogen (secondary N) is 2. The van der Waals surface area contributed by atoms with E-state index < -0.39 is 0 Å². The van der Waals surface area contributed by atoms with Gasteiger partial charge in [-0.05, 0) is 49.6 Å². The van der Waals surface area contributed by atoms with Gasteiger partial charge in [-0.15, -0.1) is 11.3 Å². The first kappa shape index (κ1) is 15.0. The van der Waals surface area contributed by atoms with Gasteiger partial charge in [0.15, 0.2) is 0 Å². The maximum absolute atomic E-state index is 11.8. The van der Waals surface area contributed by atoms with Gasteiger partial charge in [0.2, 0.25) is 0 Å². The van der Waals surface area contributed by atoms with E-state index in [-0.39, 0.29) is 12.1 Å². The van der Waals surface area contributed by atoms with Crippen molar-refractivity contribution in [2.24, 2.45) is 0 Å². The minimum atomic E-state index is -0.127. The van der Waals surface area contributed by atoms with Gasteiger partial charge in [-0.2, -0.15) is 11.3 Å². The fraction of sp³-hybridized carbons (Fsp3) is 0.429. The molecule has 0 aliphatic heterocycles. The Balaban J connectivity index is 1.76. The molecular formula is C14H19N3OS2. The van der Waals surface area contributed by atoms with E-state index in [9.17, 15) is 4.79 Å². The number of aryl methyl sites for hydroxylation is 2. The number of urea groups is 1. The van der Waals surface area contributed by atoms with Crippen molar-refractivity contribution in [1.82, 2.24) is 15.6 Å². The third-order valence-corrected chi connectivity index (χ3v) is 4.71. The number of nitrogens with zero attached hydrogens (tertiary/aromatic N) is 1. The summed E-state index contributed by atoms with van der Waals surface area (Å²) in [6.45, 7) is 6.50. The summed E-state index contributed by atoms with van der Waals surface area (Å²) in [5.41, 5.74) is 2.26. The second kappa shape index (κ2) is 6.85. The third-order valence-electron chi connectivity index (χ3n) is 2.91. The molecule has 4 nitrogen and oxygen atoms in total. The molecule has 2 amide bonds. The van der Waals surface area contributed by atoms with Crippen LogP contribution in [0.1, 0.15) is 28.1 Å². The first-order valence-corrected chi connectivity index (χ1v) is 8.29. The van der Waals surface area contributed by atoms with Crippen LogP contribution in [0.15, 0.2) is 16.8 Å². The Morgan fingerprint density at radius 3 is 2.85 bits per heavy atom. The van der Waals surface area contributed by atoms with Crippen molar-refractivity contribution in [3.63, 3.8) is 0 Å². The van der Waals surface area contributed by atoms with Gasteiger partial charge < -0.3 is 10.6 Å². The molecule has 1 unspecified atom stereocenters. The largest absolute Gasteiger partial charge is 0.335 e. The normalized spacial score (nSPS) is 12.2. The summed E-state index contributed by atoms with van der Waals surface area (Å²) in [6.07, 6.45) is 0.857. The van der Waals surface area contributed by atoms with Crippen LogP contribution in [0.2, 0.25) is 0 Å². The summed E-state index contributed by atoms with van der Waals surface area (Å²) in [4.78, 5) is 17.3. The number of rotatable bonds is 5. The first-order valence-electron chi connectivity index (χ1n) is 6.53. The lowest BCUT2D eigenvalue weighted by Gasteiger charge is -2.13. The quantitative estimate of drug-likeness (QED) is 0.891. The molecule has 20 heavy (non-hydrogen) atoms. The Morgan fingerprint density at radius 1 is 1.45 bits per heavy atom. The van der Waals surface area contributed by atoms with E-state index in [0.29, 0.717) is 6.54 Å². The molecule has 2 N–H and O–H groups in total. The second-order valence-electron chi connectivity index (χ2n) is 4.81. The average molecular weight is 309 g/mol. The third kappa shape index (κ3) is 4.31. The predicted octanol–water partition coefficient (Wildman–Crippen LogP) is 3.25. The monoisotopic (exact) mass is 309 g/mol. The number of thiophene rings is 1. The Labute approximate surface area is 127 Å². The van der Waals surface area contributed by atoms with Gasteiger partial charge in [0.1, 0.15) is 0 Å². The molecular weight excluding hydrogens is 290 g/mol. The minimum Gasteiger partial charge on any atom is -0.335 e. The van der Waals surface area contributed by atoms with Crippen molar-refractivity contribution in [2.75, 3.05) is 0 Å². The number of carbonyl (C=O) groups is 1. The van der Waals surface area contributed by atoms with Crippen LogP contribution in [0, 0.1) is 13.8 Å². The van der Waals surface area contributed by atoms with E-state index in [1.807, 2.05) is 20.8 Å². The molecule has 108 valence electrons. The number of amides is 2. The molecule has 0 spiro atoms. The highest BCUT2D eigenvalue weighted by Gasteiger charge is 2.10. The first-order chi connectivity index (χ1) is 9.54. The zero-order chi connectivity index (χ0) is 14.5. The number of carbonyl (C=O) groups excluding carboxylic acids is 1. The van der Waals surface area contributed by atoms with Crippen LogP contribution in [0.4, 0.5) is 4.79 Å². The van der Waals surface area contributed by atoms with E-state index in [1.165, 1.54) is 5.56 Å². The summed E-state index contributed by atoms with van der Waals surface area (Å²) in [5.74, 6) is 0. The zero-order valence-corrected chi connectivity index (χ0v) is 13.5. The van der Waals surface area contributed by atoms with Crippen LogP contribution in [0.5, 0.6) is 0 Å². The van der Waals surface area contributed by atoms with Crippen molar-refractivity contribution in [3.05, 3.63) is 38.0 Å². The molecule has 0 saturated carbocycles. The number of hydrogen-bond acceptors (Lipinski definition) is 4. The van der Waals surface area contributed by atoms with Crippen molar-refractivity contribution in [2.45, 2.75) is 39.8 Å². The SMILES string of the molecule is Cc1nc(C)c(CNC(=O)NC(C)Cc2ccsc2)s1. The van der Waals surface area contributed by atoms with Crippen LogP contribution in [0.3, 0.4) is 0 Å². The van der Waals surface area contributed by atoms with Crippen LogP contribution in [0.25, 0.3) is 0 Å². The molecule has 2 aromatic rings. The minimum absolute atomic E-state index is 0.119. The molecule has 0 aliphatic carbocycles. The molecule has 2 rings (SSSR count). The fourth-order valence-corrected chi connectivity index (χ4v) is 3.54. The smallest absolute Gasteiger partial charge is 0.315 e. The Kier molecular flexibility index (Phi) is 5.14. The number of thiazole rings is 1. The lowest BCUT2D eigenvalue weighted by atomic mass is 10.1. The summed E-state index contributed by atoms with van der Waals surface area (Å²) in [6, 6.07) is 2.08. The van der Waals surface area contributed by atoms with Gasteiger partial charge >= 0.3 is 6.03 Å².